The van der Waals surface area contributed by atoms with Crippen LogP contribution in [0.3, 0.4) is 0 Å². The van der Waals surface area contributed by atoms with Crippen LogP contribution < -0.4 is 14.8 Å². The summed E-state index contributed by atoms with van der Waals surface area (Å²) in [4.78, 5) is 2.47. The highest BCUT2D eigenvalue weighted by Crippen LogP contribution is 2.39. The second kappa shape index (κ2) is 11.1. The highest BCUT2D eigenvalue weighted by molar-refractivity contribution is 6.35. The van der Waals surface area contributed by atoms with Gasteiger partial charge in [0.1, 0.15) is 6.61 Å². The van der Waals surface area contributed by atoms with E-state index in [0.717, 1.165) is 55.0 Å². The number of nitrogens with zero attached hydrogens (tertiary/aromatic N) is 1. The zero-order chi connectivity index (χ0) is 22.3. The largest absolute Gasteiger partial charge is 0.493 e. The first kappa shape index (κ1) is 22.9. The highest BCUT2D eigenvalue weighted by Gasteiger charge is 2.26. The molecule has 3 aromatic rings. The lowest BCUT2D eigenvalue weighted by Gasteiger charge is -2.32. The van der Waals surface area contributed by atoms with E-state index < -0.39 is 0 Å². The third-order valence-electron chi connectivity index (χ3n) is 5.74. The predicted octanol–water partition coefficient (Wildman–Crippen LogP) is 5.97. The molecule has 1 unspecified atom stereocenters. The molecule has 6 heteroatoms. The van der Waals surface area contributed by atoms with Crippen molar-refractivity contribution < 1.29 is 9.47 Å². The van der Waals surface area contributed by atoms with Crippen LogP contribution in [0.5, 0.6) is 11.5 Å². The lowest BCUT2D eigenvalue weighted by Crippen LogP contribution is -2.33. The van der Waals surface area contributed by atoms with Gasteiger partial charge in [0, 0.05) is 29.7 Å². The van der Waals surface area contributed by atoms with E-state index in [9.17, 15) is 0 Å². The van der Waals surface area contributed by atoms with Gasteiger partial charge in [0.15, 0.2) is 11.5 Å². The molecular formula is C26H28Cl2N2O2. The molecule has 0 spiro atoms. The monoisotopic (exact) mass is 470 g/mol. The van der Waals surface area contributed by atoms with Crippen LogP contribution in [0.25, 0.3) is 0 Å². The van der Waals surface area contributed by atoms with Gasteiger partial charge in [-0.1, -0.05) is 65.7 Å². The van der Waals surface area contributed by atoms with E-state index >= 15 is 0 Å². The van der Waals surface area contributed by atoms with Crippen LogP contribution in [0.4, 0.5) is 0 Å². The van der Waals surface area contributed by atoms with E-state index in [1.807, 2.05) is 54.6 Å². The van der Waals surface area contributed by atoms with Gasteiger partial charge in [-0.15, -0.1) is 0 Å². The van der Waals surface area contributed by atoms with E-state index in [4.69, 9.17) is 32.7 Å². The molecule has 4 nitrogen and oxygen atoms in total. The Balaban J connectivity index is 1.66. The molecule has 0 saturated carbocycles. The minimum absolute atomic E-state index is 0.00302. The Hall–Kier alpha value is -2.24. The molecule has 0 aromatic heterocycles. The molecule has 32 heavy (non-hydrogen) atoms. The van der Waals surface area contributed by atoms with Gasteiger partial charge in [-0.3, -0.25) is 4.90 Å². The summed E-state index contributed by atoms with van der Waals surface area (Å²) in [7, 11) is 1.68. The molecule has 0 amide bonds. The maximum Gasteiger partial charge on any atom is 0.161 e. The number of ether oxygens (including phenoxy) is 2. The molecular weight excluding hydrogens is 443 g/mol. The Bertz CT molecular complexity index is 1020. The Kier molecular flexibility index (Phi) is 7.93. The van der Waals surface area contributed by atoms with Gasteiger partial charge in [0.25, 0.3) is 0 Å². The molecule has 0 radical (unpaired) electrons. The van der Waals surface area contributed by atoms with Gasteiger partial charge < -0.3 is 14.8 Å². The quantitative estimate of drug-likeness (QED) is 0.461. The van der Waals surface area contributed by atoms with Crippen molar-refractivity contribution in [1.29, 1.82) is 0 Å². The van der Waals surface area contributed by atoms with Gasteiger partial charge in [-0.25, -0.2) is 0 Å². The van der Waals surface area contributed by atoms with E-state index in [0.29, 0.717) is 22.4 Å². The molecule has 168 valence electrons. The first-order chi connectivity index (χ1) is 15.7. The van der Waals surface area contributed by atoms with Gasteiger partial charge >= 0.3 is 0 Å². The number of methoxy groups -OCH3 is 1. The number of rotatable bonds is 7. The maximum absolute atomic E-state index is 6.67. The fourth-order valence-electron chi connectivity index (χ4n) is 4.14. The maximum atomic E-state index is 6.67. The zero-order valence-electron chi connectivity index (χ0n) is 18.2. The fraction of sp³-hybridized carbons (Fsp3) is 0.308. The summed E-state index contributed by atoms with van der Waals surface area (Å²) in [6.45, 7) is 4.36. The van der Waals surface area contributed by atoms with E-state index in [2.05, 4.69) is 22.3 Å². The smallest absolute Gasteiger partial charge is 0.161 e. The second-order valence-electron chi connectivity index (χ2n) is 7.89. The number of hydrogen-bond acceptors (Lipinski definition) is 4. The van der Waals surface area contributed by atoms with Crippen molar-refractivity contribution in [2.75, 3.05) is 33.3 Å². The van der Waals surface area contributed by atoms with Gasteiger partial charge in [-0.05, 0) is 53.9 Å². The summed E-state index contributed by atoms with van der Waals surface area (Å²) >= 11 is 12.9. The molecule has 1 saturated heterocycles. The minimum atomic E-state index is -0.00302. The molecule has 4 rings (SSSR count). The van der Waals surface area contributed by atoms with Crippen molar-refractivity contribution in [2.45, 2.75) is 19.1 Å². The van der Waals surface area contributed by atoms with Crippen molar-refractivity contribution >= 4 is 23.2 Å². The van der Waals surface area contributed by atoms with Crippen LogP contribution in [0, 0.1) is 0 Å². The van der Waals surface area contributed by atoms with Crippen LogP contribution in [-0.2, 0) is 6.61 Å². The van der Waals surface area contributed by atoms with Crippen LogP contribution in [-0.4, -0.2) is 38.2 Å². The Morgan fingerprint density at radius 2 is 1.78 bits per heavy atom. The summed E-state index contributed by atoms with van der Waals surface area (Å²) < 4.78 is 11.8. The van der Waals surface area contributed by atoms with E-state index in [1.54, 1.807) is 7.11 Å². The van der Waals surface area contributed by atoms with Crippen LogP contribution in [0.1, 0.15) is 29.2 Å². The molecule has 1 aliphatic heterocycles. The normalized spacial score (nSPS) is 15.7. The van der Waals surface area contributed by atoms with Gasteiger partial charge in [0.2, 0.25) is 0 Å². The first-order valence-corrected chi connectivity index (χ1v) is 11.7. The standard InChI is InChI=1S/C26H28Cl2N2O2/c1-31-25-16-20(8-11-24(25)32-18-19-6-3-2-4-7-19)26(30-14-5-12-29-13-15-30)22-10-9-21(27)17-23(22)28/h2-4,6-11,16-17,26,29H,5,12-15,18H2,1H3. The van der Waals surface area contributed by atoms with Gasteiger partial charge in [-0.2, -0.15) is 0 Å². The van der Waals surface area contributed by atoms with Crippen molar-refractivity contribution in [3.05, 3.63) is 93.5 Å². The van der Waals surface area contributed by atoms with Crippen molar-refractivity contribution in [2.24, 2.45) is 0 Å². The lowest BCUT2D eigenvalue weighted by molar-refractivity contribution is 0.239. The number of nitrogens with one attached hydrogen (secondary N) is 1. The average Bonchev–Trinajstić information content (AvgIpc) is 3.10. The third-order valence-corrected chi connectivity index (χ3v) is 6.30. The molecule has 1 heterocycles. The molecule has 0 bridgehead atoms. The summed E-state index contributed by atoms with van der Waals surface area (Å²) in [6.07, 6.45) is 1.08. The fourth-order valence-corrected chi connectivity index (χ4v) is 4.66. The van der Waals surface area contributed by atoms with Crippen LogP contribution in [0.2, 0.25) is 10.0 Å². The minimum Gasteiger partial charge on any atom is -0.493 e. The Labute approximate surface area is 200 Å². The SMILES string of the molecule is COc1cc(C(c2ccc(Cl)cc2Cl)N2CCCNCC2)ccc1OCc1ccccc1. The topological polar surface area (TPSA) is 33.7 Å². The highest BCUT2D eigenvalue weighted by atomic mass is 35.5. The molecule has 1 atom stereocenters. The molecule has 0 aliphatic carbocycles. The lowest BCUT2D eigenvalue weighted by atomic mass is 9.96. The van der Waals surface area contributed by atoms with Crippen molar-refractivity contribution in [1.82, 2.24) is 10.2 Å². The van der Waals surface area contributed by atoms with Crippen LogP contribution in [0.15, 0.2) is 66.7 Å². The van der Waals surface area contributed by atoms with Crippen molar-refractivity contribution in [3.63, 3.8) is 0 Å². The summed E-state index contributed by atoms with van der Waals surface area (Å²) in [5.74, 6) is 1.43. The number of hydrogen-bond donors (Lipinski definition) is 1. The Morgan fingerprint density at radius 3 is 2.56 bits per heavy atom. The van der Waals surface area contributed by atoms with Crippen LogP contribution >= 0.6 is 23.2 Å². The molecule has 1 fully saturated rings. The summed E-state index contributed by atoms with van der Waals surface area (Å²) in [6, 6.07) is 22.0. The third kappa shape index (κ3) is 5.57. The Morgan fingerprint density at radius 1 is 0.938 bits per heavy atom. The average molecular weight is 471 g/mol. The predicted molar refractivity (Wildman–Crippen MR) is 131 cm³/mol. The second-order valence-corrected chi connectivity index (χ2v) is 8.74. The van der Waals surface area contributed by atoms with E-state index in [1.165, 1.54) is 0 Å². The summed E-state index contributed by atoms with van der Waals surface area (Å²) in [5.41, 5.74) is 3.26. The first-order valence-electron chi connectivity index (χ1n) is 10.9. The molecule has 3 aromatic carbocycles. The number of benzene rings is 3. The van der Waals surface area contributed by atoms with Gasteiger partial charge in [0.05, 0.1) is 13.2 Å². The van der Waals surface area contributed by atoms with E-state index in [-0.39, 0.29) is 6.04 Å². The zero-order valence-corrected chi connectivity index (χ0v) is 19.7. The molecule has 1 N–H and O–H groups in total. The molecule has 1 aliphatic rings. The number of halogens is 2. The van der Waals surface area contributed by atoms with Crippen molar-refractivity contribution in [3.8, 4) is 11.5 Å². The summed E-state index contributed by atoms with van der Waals surface area (Å²) in [5, 5.41) is 4.79.